The molecule has 0 atom stereocenters. The number of anilines is 1. The largest absolute Gasteiger partial charge is 0.466 e. The lowest BCUT2D eigenvalue weighted by atomic mass is 10.2. The van der Waals surface area contributed by atoms with Gasteiger partial charge < -0.3 is 15.4 Å². The number of para-hydroxylation sites is 1. The Hall–Kier alpha value is -2.52. The maximum Gasteiger partial charge on any atom is 0.307 e. The van der Waals surface area contributed by atoms with Gasteiger partial charge >= 0.3 is 5.97 Å². The number of benzene rings is 1. The van der Waals surface area contributed by atoms with E-state index in [1.165, 1.54) is 6.20 Å². The fourth-order valence-corrected chi connectivity index (χ4v) is 1.67. The zero-order chi connectivity index (χ0) is 16.4. The second-order valence-corrected chi connectivity index (χ2v) is 4.52. The van der Waals surface area contributed by atoms with E-state index in [-0.39, 0.29) is 24.5 Å². The molecule has 7 heteroatoms. The van der Waals surface area contributed by atoms with Gasteiger partial charge in [0.25, 0.3) is 5.91 Å². The smallest absolute Gasteiger partial charge is 0.307 e. The van der Waals surface area contributed by atoms with Crippen molar-refractivity contribution in [2.45, 2.75) is 13.3 Å². The third kappa shape index (κ3) is 5.85. The Kier molecular flexibility index (Phi) is 7.51. The Bertz CT molecular complexity index is 608. The molecule has 0 spiro atoms. The van der Waals surface area contributed by atoms with Crippen LogP contribution in [0.15, 0.2) is 36.0 Å². The summed E-state index contributed by atoms with van der Waals surface area (Å²) >= 11 is 5.92. The quantitative estimate of drug-likeness (QED) is 0.348. The van der Waals surface area contributed by atoms with Crippen molar-refractivity contribution in [1.29, 1.82) is 5.26 Å². The molecule has 0 fully saturated rings. The van der Waals surface area contributed by atoms with Gasteiger partial charge in [-0.2, -0.15) is 5.26 Å². The van der Waals surface area contributed by atoms with Crippen LogP contribution in [0.25, 0.3) is 0 Å². The molecule has 0 aliphatic rings. The number of esters is 1. The second-order valence-electron chi connectivity index (χ2n) is 4.11. The maximum absolute atomic E-state index is 11.9. The molecular weight excluding hydrogens is 306 g/mol. The molecule has 1 amide bonds. The molecule has 0 saturated carbocycles. The fraction of sp³-hybridized carbons (Fsp3) is 0.267. The first-order valence-electron chi connectivity index (χ1n) is 6.63. The average Bonchev–Trinajstić information content (AvgIpc) is 2.50. The Balaban J connectivity index is 2.54. The molecular formula is C15H16ClN3O3. The number of carbonyl (C=O) groups excluding carboxylic acids is 2. The zero-order valence-corrected chi connectivity index (χ0v) is 12.8. The Morgan fingerprint density at radius 1 is 1.41 bits per heavy atom. The first kappa shape index (κ1) is 17.5. The van der Waals surface area contributed by atoms with Gasteiger partial charge in [0.2, 0.25) is 0 Å². The monoisotopic (exact) mass is 321 g/mol. The molecule has 1 aromatic rings. The summed E-state index contributed by atoms with van der Waals surface area (Å²) in [6.07, 6.45) is 1.40. The van der Waals surface area contributed by atoms with Gasteiger partial charge in [0.1, 0.15) is 11.6 Å². The summed E-state index contributed by atoms with van der Waals surface area (Å²) in [5, 5.41) is 14.6. The molecule has 0 aliphatic carbocycles. The van der Waals surface area contributed by atoms with E-state index in [2.05, 4.69) is 10.6 Å². The van der Waals surface area contributed by atoms with Crippen molar-refractivity contribution in [3.05, 3.63) is 41.1 Å². The lowest BCUT2D eigenvalue weighted by Gasteiger charge is -2.06. The number of nitrogens with one attached hydrogen (secondary N) is 2. The van der Waals surface area contributed by atoms with Gasteiger partial charge in [-0.05, 0) is 19.1 Å². The van der Waals surface area contributed by atoms with Gasteiger partial charge in [-0.1, -0.05) is 23.7 Å². The minimum atomic E-state index is -0.584. The van der Waals surface area contributed by atoms with Gasteiger partial charge in [-0.3, -0.25) is 9.59 Å². The van der Waals surface area contributed by atoms with Gasteiger partial charge in [-0.15, -0.1) is 0 Å². The minimum Gasteiger partial charge on any atom is -0.466 e. The first-order chi connectivity index (χ1) is 10.6. The summed E-state index contributed by atoms with van der Waals surface area (Å²) in [6.45, 7) is 2.31. The number of halogens is 1. The second kappa shape index (κ2) is 9.42. The zero-order valence-electron chi connectivity index (χ0n) is 12.1. The van der Waals surface area contributed by atoms with Crippen molar-refractivity contribution >= 4 is 29.2 Å². The van der Waals surface area contributed by atoms with Crippen LogP contribution < -0.4 is 10.6 Å². The van der Waals surface area contributed by atoms with E-state index in [1.807, 2.05) is 0 Å². The molecule has 2 N–H and O–H groups in total. The van der Waals surface area contributed by atoms with E-state index in [9.17, 15) is 9.59 Å². The van der Waals surface area contributed by atoms with E-state index in [4.69, 9.17) is 21.6 Å². The predicted molar refractivity (Wildman–Crippen MR) is 83.0 cm³/mol. The molecule has 22 heavy (non-hydrogen) atoms. The summed E-state index contributed by atoms with van der Waals surface area (Å²) in [6, 6.07) is 8.49. The SMILES string of the molecule is CCOC(=O)CCN/C=C(/C#N)C(=O)Nc1ccccc1Cl. The Labute approximate surface area is 133 Å². The van der Waals surface area contributed by atoms with Gasteiger partial charge in [0.15, 0.2) is 0 Å². The topological polar surface area (TPSA) is 91.2 Å². The minimum absolute atomic E-state index is 0.122. The summed E-state index contributed by atoms with van der Waals surface area (Å²) in [4.78, 5) is 23.1. The fourth-order valence-electron chi connectivity index (χ4n) is 1.48. The van der Waals surface area contributed by atoms with Crippen LogP contribution in [-0.4, -0.2) is 25.0 Å². The van der Waals surface area contributed by atoms with Crippen LogP contribution in [-0.2, 0) is 14.3 Å². The maximum atomic E-state index is 11.9. The standard InChI is InChI=1S/C15H16ClN3O3/c1-2-22-14(20)7-8-18-10-11(9-17)15(21)19-13-6-4-3-5-12(13)16/h3-6,10,18H,2,7-8H2,1H3,(H,19,21)/b11-10-. The van der Waals surface area contributed by atoms with Crippen LogP contribution in [0.5, 0.6) is 0 Å². The number of nitriles is 1. The molecule has 0 radical (unpaired) electrons. The van der Waals surface area contributed by atoms with E-state index < -0.39 is 5.91 Å². The molecule has 0 aliphatic heterocycles. The molecule has 0 heterocycles. The number of hydrogen-bond donors (Lipinski definition) is 2. The Morgan fingerprint density at radius 2 is 2.14 bits per heavy atom. The molecule has 0 saturated heterocycles. The van der Waals surface area contributed by atoms with Crippen LogP contribution in [0, 0.1) is 11.3 Å². The molecule has 0 bridgehead atoms. The predicted octanol–water partition coefficient (Wildman–Crippen LogP) is 2.23. The average molecular weight is 322 g/mol. The highest BCUT2D eigenvalue weighted by Gasteiger charge is 2.10. The normalized spacial score (nSPS) is 10.5. The number of carbonyl (C=O) groups is 2. The van der Waals surface area contributed by atoms with Gasteiger partial charge in [0, 0.05) is 12.7 Å². The third-order valence-corrected chi connectivity index (χ3v) is 2.84. The van der Waals surface area contributed by atoms with Crippen LogP contribution in [0.1, 0.15) is 13.3 Å². The number of hydrogen-bond acceptors (Lipinski definition) is 5. The highest BCUT2D eigenvalue weighted by Crippen LogP contribution is 2.20. The van der Waals surface area contributed by atoms with E-state index >= 15 is 0 Å². The third-order valence-electron chi connectivity index (χ3n) is 2.51. The first-order valence-corrected chi connectivity index (χ1v) is 7.01. The van der Waals surface area contributed by atoms with Crippen molar-refractivity contribution in [2.24, 2.45) is 0 Å². The summed E-state index contributed by atoms with van der Waals surface area (Å²) in [5.74, 6) is -0.929. The van der Waals surface area contributed by atoms with Crippen LogP contribution in [0.4, 0.5) is 5.69 Å². The summed E-state index contributed by atoms with van der Waals surface area (Å²) in [7, 11) is 0. The molecule has 0 unspecified atom stereocenters. The Morgan fingerprint density at radius 3 is 2.77 bits per heavy atom. The van der Waals surface area contributed by atoms with Crippen molar-refractivity contribution < 1.29 is 14.3 Å². The number of ether oxygens (including phenoxy) is 1. The molecule has 0 aromatic heterocycles. The van der Waals surface area contributed by atoms with Crippen LogP contribution in [0.3, 0.4) is 0 Å². The molecule has 116 valence electrons. The van der Waals surface area contributed by atoms with Crippen molar-refractivity contribution in [2.75, 3.05) is 18.5 Å². The van der Waals surface area contributed by atoms with E-state index in [0.717, 1.165) is 0 Å². The van der Waals surface area contributed by atoms with Crippen LogP contribution in [0.2, 0.25) is 5.02 Å². The van der Waals surface area contributed by atoms with Crippen molar-refractivity contribution in [3.8, 4) is 6.07 Å². The number of rotatable bonds is 7. The van der Waals surface area contributed by atoms with Crippen LogP contribution >= 0.6 is 11.6 Å². The van der Waals surface area contributed by atoms with E-state index in [1.54, 1.807) is 37.3 Å². The molecule has 1 rings (SSSR count). The molecule has 1 aromatic carbocycles. The molecule has 6 nitrogen and oxygen atoms in total. The van der Waals surface area contributed by atoms with Gasteiger partial charge in [0.05, 0.1) is 23.7 Å². The summed E-state index contributed by atoms with van der Waals surface area (Å²) in [5.41, 5.74) is 0.297. The lowest BCUT2D eigenvalue weighted by molar-refractivity contribution is -0.142. The summed E-state index contributed by atoms with van der Waals surface area (Å²) < 4.78 is 4.76. The number of amides is 1. The van der Waals surface area contributed by atoms with Crippen molar-refractivity contribution in [1.82, 2.24) is 5.32 Å². The van der Waals surface area contributed by atoms with Crippen molar-refractivity contribution in [3.63, 3.8) is 0 Å². The number of nitrogens with zero attached hydrogens (tertiary/aromatic N) is 1. The van der Waals surface area contributed by atoms with Gasteiger partial charge in [-0.25, -0.2) is 0 Å². The lowest BCUT2D eigenvalue weighted by Crippen LogP contribution is -2.19. The highest BCUT2D eigenvalue weighted by atomic mass is 35.5. The highest BCUT2D eigenvalue weighted by molar-refractivity contribution is 6.33. The van der Waals surface area contributed by atoms with E-state index in [0.29, 0.717) is 17.3 Å².